The van der Waals surface area contributed by atoms with E-state index in [1.165, 1.54) is 6.21 Å². The van der Waals surface area contributed by atoms with Crippen LogP contribution in [0.5, 0.6) is 11.5 Å². The van der Waals surface area contributed by atoms with E-state index in [2.05, 4.69) is 31.4 Å². The van der Waals surface area contributed by atoms with Gasteiger partial charge in [0.25, 0.3) is 5.91 Å². The molecule has 1 amide bonds. The zero-order chi connectivity index (χ0) is 28.1. The first-order chi connectivity index (χ1) is 19.4. The van der Waals surface area contributed by atoms with Gasteiger partial charge >= 0.3 is 5.97 Å². The molecule has 7 nitrogen and oxygen atoms in total. The third-order valence-electron chi connectivity index (χ3n) is 6.18. The Kier molecular flexibility index (Phi) is 8.07. The monoisotopic (exact) mass is 595 g/mol. The van der Waals surface area contributed by atoms with Crippen molar-refractivity contribution in [3.63, 3.8) is 0 Å². The molecule has 200 valence electrons. The lowest BCUT2D eigenvalue weighted by molar-refractivity contribution is 0.0728. The number of benzene rings is 4. The van der Waals surface area contributed by atoms with E-state index in [0.717, 1.165) is 32.1 Å². The van der Waals surface area contributed by atoms with Crippen molar-refractivity contribution in [3.8, 4) is 22.6 Å². The van der Waals surface area contributed by atoms with Crippen LogP contribution in [-0.2, 0) is 0 Å². The molecule has 0 spiro atoms. The van der Waals surface area contributed by atoms with Crippen molar-refractivity contribution in [1.82, 2.24) is 10.4 Å². The van der Waals surface area contributed by atoms with Gasteiger partial charge in [-0.25, -0.2) is 10.2 Å². The Morgan fingerprint density at radius 1 is 0.950 bits per heavy atom. The van der Waals surface area contributed by atoms with E-state index in [-0.39, 0.29) is 5.91 Å². The van der Waals surface area contributed by atoms with Gasteiger partial charge in [-0.05, 0) is 77.3 Å². The van der Waals surface area contributed by atoms with Crippen LogP contribution in [0, 0.1) is 6.92 Å². The Bertz CT molecular complexity index is 1730. The zero-order valence-corrected chi connectivity index (χ0v) is 23.5. The van der Waals surface area contributed by atoms with Crippen LogP contribution in [0.3, 0.4) is 0 Å². The molecule has 1 heterocycles. The number of aromatic amines is 1. The highest BCUT2D eigenvalue weighted by atomic mass is 79.9. The van der Waals surface area contributed by atoms with Crippen molar-refractivity contribution in [2.75, 3.05) is 6.61 Å². The third-order valence-corrected chi connectivity index (χ3v) is 6.84. The second-order valence-electron chi connectivity index (χ2n) is 9.00. The van der Waals surface area contributed by atoms with Crippen LogP contribution in [0.15, 0.2) is 101 Å². The molecular weight excluding hydrogens is 570 g/mol. The number of aryl methyl sites for hydroxylation is 1. The number of carbonyl (C=O) groups excluding carboxylic acids is 2. The first kappa shape index (κ1) is 26.9. The molecule has 0 saturated heterocycles. The summed E-state index contributed by atoms with van der Waals surface area (Å²) >= 11 is 3.57. The number of para-hydroxylation sites is 1. The van der Waals surface area contributed by atoms with Crippen molar-refractivity contribution in [1.29, 1.82) is 0 Å². The van der Waals surface area contributed by atoms with Crippen molar-refractivity contribution in [2.45, 2.75) is 13.8 Å². The Morgan fingerprint density at radius 2 is 1.75 bits per heavy atom. The summed E-state index contributed by atoms with van der Waals surface area (Å²) in [6.07, 6.45) is 1.51. The van der Waals surface area contributed by atoms with Crippen molar-refractivity contribution in [3.05, 3.63) is 118 Å². The van der Waals surface area contributed by atoms with Gasteiger partial charge in [-0.2, -0.15) is 5.10 Å². The largest absolute Gasteiger partial charge is 0.490 e. The highest BCUT2D eigenvalue weighted by Crippen LogP contribution is 2.35. The number of H-pyrrole nitrogens is 1. The minimum Gasteiger partial charge on any atom is -0.490 e. The minimum absolute atomic E-state index is 0.297. The highest BCUT2D eigenvalue weighted by Gasteiger charge is 2.20. The molecule has 2 N–H and O–H groups in total. The van der Waals surface area contributed by atoms with Crippen LogP contribution in [0.1, 0.15) is 38.9 Å². The number of halogens is 1. The second kappa shape index (κ2) is 12.0. The van der Waals surface area contributed by atoms with Gasteiger partial charge in [-0.15, -0.1) is 0 Å². The van der Waals surface area contributed by atoms with Crippen molar-refractivity contribution in [2.24, 2.45) is 5.10 Å². The topological polar surface area (TPSA) is 92.8 Å². The smallest absolute Gasteiger partial charge is 0.343 e. The number of carbonyl (C=O) groups is 2. The first-order valence-corrected chi connectivity index (χ1v) is 13.5. The number of nitrogens with one attached hydrogen (secondary N) is 2. The van der Waals surface area contributed by atoms with Gasteiger partial charge < -0.3 is 14.5 Å². The predicted molar refractivity (Wildman–Crippen MR) is 160 cm³/mol. The number of ether oxygens (including phenoxy) is 2. The number of esters is 1. The standard InChI is InChI=1S/C32H26BrN3O4/c1-3-39-27-18-21(15-16-26(27)40-32(38)23-12-7-9-20(2)17-23)19-34-36-31(37)30-28(22-10-5-4-6-11-22)24-13-8-14-25(33)29(24)35-30/h4-19,35H,3H2,1-2H3,(H,36,37). The number of hydrazone groups is 1. The van der Waals surface area contributed by atoms with E-state index >= 15 is 0 Å². The Morgan fingerprint density at radius 3 is 2.52 bits per heavy atom. The molecule has 8 heteroatoms. The second-order valence-corrected chi connectivity index (χ2v) is 9.86. The zero-order valence-electron chi connectivity index (χ0n) is 21.9. The predicted octanol–water partition coefficient (Wildman–Crippen LogP) is 7.29. The maximum absolute atomic E-state index is 13.3. The Labute approximate surface area is 240 Å². The van der Waals surface area contributed by atoms with Gasteiger partial charge in [0.2, 0.25) is 0 Å². The van der Waals surface area contributed by atoms with Gasteiger partial charge in [0.1, 0.15) is 5.69 Å². The molecule has 4 aromatic carbocycles. The van der Waals surface area contributed by atoms with Gasteiger partial charge in [0, 0.05) is 15.4 Å². The van der Waals surface area contributed by atoms with E-state index in [0.29, 0.717) is 34.9 Å². The number of nitrogens with zero attached hydrogens (tertiary/aromatic N) is 1. The summed E-state index contributed by atoms with van der Waals surface area (Å²) in [7, 11) is 0. The molecule has 0 aliphatic rings. The summed E-state index contributed by atoms with van der Waals surface area (Å²) in [5, 5.41) is 5.10. The molecule has 5 aromatic rings. The maximum Gasteiger partial charge on any atom is 0.343 e. The van der Waals surface area contributed by atoms with Crippen LogP contribution in [0.25, 0.3) is 22.0 Å². The number of hydrogen-bond acceptors (Lipinski definition) is 5. The molecule has 0 aliphatic heterocycles. The van der Waals surface area contributed by atoms with Gasteiger partial charge in [-0.3, -0.25) is 4.79 Å². The molecule has 0 atom stereocenters. The normalized spacial score (nSPS) is 11.1. The lowest BCUT2D eigenvalue weighted by Crippen LogP contribution is -2.18. The molecule has 0 radical (unpaired) electrons. The molecule has 0 fully saturated rings. The van der Waals surface area contributed by atoms with Crippen LogP contribution in [0.2, 0.25) is 0 Å². The van der Waals surface area contributed by atoms with Gasteiger partial charge in [0.15, 0.2) is 11.5 Å². The SMILES string of the molecule is CCOc1cc(C=NNC(=O)c2[nH]c3c(Br)cccc3c2-c2ccccc2)ccc1OC(=O)c1cccc(C)c1. The number of fused-ring (bicyclic) bond motifs is 1. The fourth-order valence-corrected chi connectivity index (χ4v) is 4.83. The van der Waals surface area contributed by atoms with E-state index in [4.69, 9.17) is 9.47 Å². The van der Waals surface area contributed by atoms with Crippen LogP contribution >= 0.6 is 15.9 Å². The summed E-state index contributed by atoms with van der Waals surface area (Å²) in [5.41, 5.74) is 7.63. The number of aromatic nitrogens is 1. The Hall–Kier alpha value is -4.69. The number of amides is 1. The van der Waals surface area contributed by atoms with E-state index < -0.39 is 5.97 Å². The molecule has 1 aromatic heterocycles. The average Bonchev–Trinajstić information content (AvgIpc) is 3.36. The van der Waals surface area contributed by atoms with Crippen molar-refractivity contribution < 1.29 is 19.1 Å². The Balaban J connectivity index is 1.36. The summed E-state index contributed by atoms with van der Waals surface area (Å²) in [6, 6.07) is 27.8. The molecular formula is C32H26BrN3O4. The highest BCUT2D eigenvalue weighted by molar-refractivity contribution is 9.10. The summed E-state index contributed by atoms with van der Waals surface area (Å²) < 4.78 is 12.2. The third kappa shape index (κ3) is 5.82. The van der Waals surface area contributed by atoms with Crippen LogP contribution < -0.4 is 14.9 Å². The van der Waals surface area contributed by atoms with E-state index in [1.807, 2.05) is 68.4 Å². The lowest BCUT2D eigenvalue weighted by Gasteiger charge is -2.11. The number of rotatable bonds is 8. The van der Waals surface area contributed by atoms with E-state index in [9.17, 15) is 9.59 Å². The summed E-state index contributed by atoms with van der Waals surface area (Å²) in [6.45, 7) is 4.13. The average molecular weight is 596 g/mol. The molecule has 0 saturated carbocycles. The maximum atomic E-state index is 13.3. The number of hydrogen-bond donors (Lipinski definition) is 2. The summed E-state index contributed by atoms with van der Waals surface area (Å²) in [5.74, 6) is -0.166. The fourth-order valence-electron chi connectivity index (χ4n) is 4.37. The summed E-state index contributed by atoms with van der Waals surface area (Å²) in [4.78, 5) is 29.2. The van der Waals surface area contributed by atoms with Crippen molar-refractivity contribution >= 4 is 44.9 Å². The van der Waals surface area contributed by atoms with Gasteiger partial charge in [-0.1, -0.05) is 60.2 Å². The van der Waals surface area contributed by atoms with Crippen LogP contribution in [-0.4, -0.2) is 29.7 Å². The first-order valence-electron chi connectivity index (χ1n) is 12.7. The fraction of sp³-hybridized carbons (Fsp3) is 0.0938. The molecule has 40 heavy (non-hydrogen) atoms. The van der Waals surface area contributed by atoms with Crippen LogP contribution in [0.4, 0.5) is 0 Å². The minimum atomic E-state index is -0.475. The molecule has 0 bridgehead atoms. The molecule has 0 unspecified atom stereocenters. The van der Waals surface area contributed by atoms with Gasteiger partial charge in [0.05, 0.1) is 23.9 Å². The lowest BCUT2D eigenvalue weighted by atomic mass is 10.0. The molecule has 0 aliphatic carbocycles. The quantitative estimate of drug-likeness (QED) is 0.0852. The molecule has 5 rings (SSSR count). The van der Waals surface area contributed by atoms with E-state index in [1.54, 1.807) is 36.4 Å².